The fraction of sp³-hybridized carbons (Fsp3) is 0.500. The number of carbonyl (C=O) groups excluding carboxylic acids is 1. The molecule has 0 aliphatic carbocycles. The average molecular weight is 308 g/mol. The average Bonchev–Trinajstić information content (AvgIpc) is 2.87. The summed E-state index contributed by atoms with van der Waals surface area (Å²) < 4.78 is 0.609. The van der Waals surface area contributed by atoms with E-state index in [9.17, 15) is 9.59 Å². The van der Waals surface area contributed by atoms with Gasteiger partial charge in [0.05, 0.1) is 12.1 Å². The van der Waals surface area contributed by atoms with E-state index in [1.165, 1.54) is 11.3 Å². The predicted molar refractivity (Wildman–Crippen MR) is 84.2 cm³/mol. The van der Waals surface area contributed by atoms with Crippen LogP contribution in [0.1, 0.15) is 32.0 Å². The molecule has 7 heteroatoms. The van der Waals surface area contributed by atoms with E-state index >= 15 is 0 Å². The van der Waals surface area contributed by atoms with Crippen molar-refractivity contribution in [3.63, 3.8) is 0 Å². The molecule has 3 N–H and O–H groups in total. The van der Waals surface area contributed by atoms with Crippen LogP contribution in [0.25, 0.3) is 10.2 Å². The van der Waals surface area contributed by atoms with Crippen LogP contribution in [0.5, 0.6) is 0 Å². The number of aromatic amines is 1. The van der Waals surface area contributed by atoms with E-state index in [0.717, 1.165) is 12.8 Å². The number of rotatable bonds is 6. The zero-order valence-electron chi connectivity index (χ0n) is 12.3. The van der Waals surface area contributed by atoms with Gasteiger partial charge in [-0.25, -0.2) is 4.98 Å². The Morgan fingerprint density at radius 3 is 3.05 bits per heavy atom. The third kappa shape index (κ3) is 3.89. The van der Waals surface area contributed by atoms with Crippen LogP contribution in [-0.4, -0.2) is 33.9 Å². The van der Waals surface area contributed by atoms with Crippen molar-refractivity contribution in [2.45, 2.75) is 38.8 Å². The fourth-order valence-corrected chi connectivity index (χ4v) is 2.89. The van der Waals surface area contributed by atoms with Gasteiger partial charge in [-0.1, -0.05) is 13.3 Å². The number of thiophene rings is 1. The summed E-state index contributed by atoms with van der Waals surface area (Å²) in [7, 11) is 1.69. The molecule has 0 saturated carbocycles. The number of nitrogens with two attached hydrogens (primary N) is 1. The van der Waals surface area contributed by atoms with Gasteiger partial charge in [-0.05, 0) is 17.9 Å². The molecule has 2 rings (SSSR count). The summed E-state index contributed by atoms with van der Waals surface area (Å²) in [4.78, 5) is 32.6. The normalized spacial score (nSPS) is 12.5. The van der Waals surface area contributed by atoms with E-state index in [0.29, 0.717) is 22.5 Å². The summed E-state index contributed by atoms with van der Waals surface area (Å²) in [6.07, 6.45) is 2.10. The summed E-state index contributed by atoms with van der Waals surface area (Å²) in [5.41, 5.74) is 6.39. The minimum Gasteiger partial charge on any atom is -0.338 e. The minimum absolute atomic E-state index is 0.0379. The number of nitrogens with one attached hydrogen (secondary N) is 1. The van der Waals surface area contributed by atoms with Crippen LogP contribution >= 0.6 is 11.3 Å². The molecule has 0 radical (unpaired) electrons. The highest BCUT2D eigenvalue weighted by Gasteiger charge is 2.15. The molecule has 0 saturated heterocycles. The molecule has 1 unspecified atom stereocenters. The molecular formula is C14H20N4O2S. The molecule has 1 amide bonds. The Bertz CT molecular complexity index is 679. The van der Waals surface area contributed by atoms with Crippen molar-refractivity contribution in [3.8, 4) is 0 Å². The first-order valence-corrected chi connectivity index (χ1v) is 7.85. The molecule has 0 aliphatic heterocycles. The van der Waals surface area contributed by atoms with Crippen molar-refractivity contribution < 1.29 is 4.79 Å². The Morgan fingerprint density at radius 2 is 2.33 bits per heavy atom. The van der Waals surface area contributed by atoms with Gasteiger partial charge in [0.25, 0.3) is 5.56 Å². The van der Waals surface area contributed by atoms with Gasteiger partial charge in [0.15, 0.2) is 0 Å². The predicted octanol–water partition coefficient (Wildman–Crippen LogP) is 1.46. The first-order chi connectivity index (χ1) is 10.0. The lowest BCUT2D eigenvalue weighted by Crippen LogP contribution is -2.33. The Balaban J connectivity index is 2.05. The second kappa shape index (κ2) is 6.82. The molecule has 0 bridgehead atoms. The van der Waals surface area contributed by atoms with Crippen molar-refractivity contribution in [2.75, 3.05) is 7.05 Å². The minimum atomic E-state index is -0.159. The van der Waals surface area contributed by atoms with Crippen LogP contribution < -0.4 is 11.3 Å². The SMILES string of the molecule is CCCC(N)CC(=O)N(C)Cc1nc2ccsc2c(=O)[nH]1. The third-order valence-electron chi connectivity index (χ3n) is 3.27. The Hall–Kier alpha value is -1.73. The van der Waals surface area contributed by atoms with E-state index in [1.807, 2.05) is 12.3 Å². The molecular weight excluding hydrogens is 288 g/mol. The maximum atomic E-state index is 12.1. The number of aromatic nitrogens is 2. The fourth-order valence-electron chi connectivity index (χ4n) is 2.16. The molecule has 2 aromatic rings. The standard InChI is InChI=1S/C14H20N4O2S/c1-3-4-9(15)7-12(19)18(2)8-11-16-10-5-6-21-13(10)14(20)17-11/h5-6,9H,3-4,7-8,15H2,1-2H3,(H,16,17,20). The molecule has 0 aliphatic rings. The lowest BCUT2D eigenvalue weighted by atomic mass is 10.1. The largest absolute Gasteiger partial charge is 0.338 e. The highest BCUT2D eigenvalue weighted by molar-refractivity contribution is 7.17. The second-order valence-electron chi connectivity index (χ2n) is 5.15. The summed E-state index contributed by atoms with van der Waals surface area (Å²) in [6, 6.07) is 1.69. The number of hydrogen-bond acceptors (Lipinski definition) is 5. The van der Waals surface area contributed by atoms with Gasteiger partial charge in [-0.15, -0.1) is 11.3 Å². The number of fused-ring (bicyclic) bond motifs is 1. The molecule has 114 valence electrons. The van der Waals surface area contributed by atoms with Gasteiger partial charge in [-0.2, -0.15) is 0 Å². The molecule has 21 heavy (non-hydrogen) atoms. The Kier molecular flexibility index (Phi) is 5.08. The Morgan fingerprint density at radius 1 is 1.57 bits per heavy atom. The third-order valence-corrected chi connectivity index (χ3v) is 4.18. The van der Waals surface area contributed by atoms with Crippen LogP contribution in [0.3, 0.4) is 0 Å². The number of carbonyl (C=O) groups is 1. The first kappa shape index (κ1) is 15.7. The molecule has 0 fully saturated rings. The number of H-pyrrole nitrogens is 1. The van der Waals surface area contributed by atoms with Gasteiger partial charge < -0.3 is 15.6 Å². The number of amides is 1. The van der Waals surface area contributed by atoms with Crippen molar-refractivity contribution in [1.82, 2.24) is 14.9 Å². The summed E-state index contributed by atoms with van der Waals surface area (Å²) in [5, 5.41) is 1.83. The molecule has 2 aromatic heterocycles. The van der Waals surface area contributed by atoms with Gasteiger partial charge in [0.2, 0.25) is 5.91 Å². The van der Waals surface area contributed by atoms with Crippen molar-refractivity contribution in [3.05, 3.63) is 27.6 Å². The topological polar surface area (TPSA) is 92.1 Å². The van der Waals surface area contributed by atoms with Crippen molar-refractivity contribution in [1.29, 1.82) is 0 Å². The highest BCUT2D eigenvalue weighted by atomic mass is 32.1. The van der Waals surface area contributed by atoms with Crippen LogP contribution in [0.4, 0.5) is 0 Å². The Labute approximate surface area is 127 Å². The smallest absolute Gasteiger partial charge is 0.268 e. The van der Waals surface area contributed by atoms with Crippen molar-refractivity contribution >= 4 is 27.5 Å². The van der Waals surface area contributed by atoms with E-state index in [4.69, 9.17) is 5.73 Å². The summed E-state index contributed by atoms with van der Waals surface area (Å²) in [5.74, 6) is 0.454. The quantitative estimate of drug-likeness (QED) is 0.845. The summed E-state index contributed by atoms with van der Waals surface area (Å²) >= 11 is 1.36. The monoisotopic (exact) mass is 308 g/mol. The molecule has 6 nitrogen and oxygen atoms in total. The van der Waals surface area contributed by atoms with E-state index in [2.05, 4.69) is 9.97 Å². The first-order valence-electron chi connectivity index (χ1n) is 6.97. The van der Waals surface area contributed by atoms with Gasteiger partial charge >= 0.3 is 0 Å². The molecule has 0 spiro atoms. The van der Waals surface area contributed by atoms with Gasteiger partial charge in [0.1, 0.15) is 10.5 Å². The van der Waals surface area contributed by atoms with E-state index in [1.54, 1.807) is 18.0 Å². The van der Waals surface area contributed by atoms with Crippen LogP contribution in [-0.2, 0) is 11.3 Å². The zero-order valence-corrected chi connectivity index (χ0v) is 13.1. The second-order valence-corrected chi connectivity index (χ2v) is 6.07. The lowest BCUT2D eigenvalue weighted by Gasteiger charge is -2.18. The summed E-state index contributed by atoms with van der Waals surface area (Å²) in [6.45, 7) is 2.32. The van der Waals surface area contributed by atoms with Crippen molar-refractivity contribution in [2.24, 2.45) is 5.73 Å². The van der Waals surface area contributed by atoms with Gasteiger partial charge in [-0.3, -0.25) is 9.59 Å². The maximum absolute atomic E-state index is 12.1. The van der Waals surface area contributed by atoms with Crippen LogP contribution in [0, 0.1) is 0 Å². The molecule has 2 heterocycles. The van der Waals surface area contributed by atoms with Crippen LogP contribution in [0.15, 0.2) is 16.2 Å². The number of hydrogen-bond donors (Lipinski definition) is 2. The lowest BCUT2D eigenvalue weighted by molar-refractivity contribution is -0.130. The highest BCUT2D eigenvalue weighted by Crippen LogP contribution is 2.14. The van der Waals surface area contributed by atoms with Gasteiger partial charge in [0, 0.05) is 19.5 Å². The number of nitrogens with zero attached hydrogens (tertiary/aromatic N) is 2. The molecule has 1 atom stereocenters. The zero-order chi connectivity index (χ0) is 15.4. The van der Waals surface area contributed by atoms with E-state index < -0.39 is 0 Å². The maximum Gasteiger partial charge on any atom is 0.268 e. The van der Waals surface area contributed by atoms with E-state index in [-0.39, 0.29) is 24.1 Å². The molecule has 0 aromatic carbocycles. The van der Waals surface area contributed by atoms with Crippen LogP contribution in [0.2, 0.25) is 0 Å².